The van der Waals surface area contributed by atoms with Crippen LogP contribution >= 0.6 is 11.6 Å². The van der Waals surface area contributed by atoms with E-state index in [0.29, 0.717) is 33.0 Å². The summed E-state index contributed by atoms with van der Waals surface area (Å²) < 4.78 is 24.1. The van der Waals surface area contributed by atoms with Crippen LogP contribution in [-0.4, -0.2) is 19.4 Å². The number of ether oxygens (including phenoxy) is 1. The van der Waals surface area contributed by atoms with E-state index in [9.17, 15) is 9.18 Å². The average molecular weight is 348 g/mol. The number of anilines is 1. The van der Waals surface area contributed by atoms with E-state index in [2.05, 4.69) is 5.32 Å². The number of benzene rings is 2. The van der Waals surface area contributed by atoms with Gasteiger partial charge in [-0.05, 0) is 43.3 Å². The number of hydrogen-bond donors (Lipinski definition) is 1. The molecule has 24 heavy (non-hydrogen) atoms. The van der Waals surface area contributed by atoms with Gasteiger partial charge in [0.1, 0.15) is 17.1 Å². The molecule has 0 bridgehead atoms. The normalized spacial score (nSPS) is 10.8. The minimum Gasteiger partial charge on any atom is -0.495 e. The van der Waals surface area contributed by atoms with Gasteiger partial charge < -0.3 is 14.5 Å². The second-order valence-corrected chi connectivity index (χ2v) is 5.75. The van der Waals surface area contributed by atoms with E-state index in [4.69, 9.17) is 20.8 Å². The Morgan fingerprint density at radius 3 is 2.83 bits per heavy atom. The minimum atomic E-state index is -0.368. The molecule has 4 nitrogen and oxygen atoms in total. The zero-order chi connectivity index (χ0) is 17.3. The van der Waals surface area contributed by atoms with E-state index in [0.717, 1.165) is 0 Å². The van der Waals surface area contributed by atoms with Crippen molar-refractivity contribution in [1.82, 2.24) is 0 Å². The molecule has 0 saturated carbocycles. The summed E-state index contributed by atoms with van der Waals surface area (Å²) in [5.74, 6) is 0.179. The molecule has 0 aliphatic heterocycles. The number of rotatable bonds is 5. The van der Waals surface area contributed by atoms with Crippen LogP contribution in [-0.2, 0) is 0 Å². The minimum absolute atomic E-state index is 0.000153. The monoisotopic (exact) mass is 347 g/mol. The molecule has 124 valence electrons. The standard InChI is InChI=1S/C18H15ClFNO3/c1-10-13-8-12(20)4-6-16(13)24-18(10)15(22)9-21-14-7-11(19)3-5-17(14)23-2/h3-8,21H,9H2,1-2H3. The number of fused-ring (bicyclic) bond motifs is 1. The SMILES string of the molecule is COc1ccc(Cl)cc1NCC(=O)c1oc2ccc(F)cc2c1C. The van der Waals surface area contributed by atoms with E-state index in [1.165, 1.54) is 25.3 Å². The van der Waals surface area contributed by atoms with Gasteiger partial charge in [0.05, 0.1) is 19.3 Å². The fourth-order valence-corrected chi connectivity index (χ4v) is 2.71. The van der Waals surface area contributed by atoms with Gasteiger partial charge in [-0.25, -0.2) is 4.39 Å². The molecule has 2 aromatic carbocycles. The molecule has 3 rings (SSSR count). The number of carbonyl (C=O) groups excluding carboxylic acids is 1. The van der Waals surface area contributed by atoms with Gasteiger partial charge in [0.2, 0.25) is 5.78 Å². The van der Waals surface area contributed by atoms with E-state index in [1.54, 1.807) is 25.1 Å². The summed E-state index contributed by atoms with van der Waals surface area (Å²) in [6.07, 6.45) is 0. The van der Waals surface area contributed by atoms with Crippen LogP contribution in [0.5, 0.6) is 5.75 Å². The van der Waals surface area contributed by atoms with Gasteiger partial charge in [0.15, 0.2) is 5.76 Å². The van der Waals surface area contributed by atoms with Gasteiger partial charge in [-0.3, -0.25) is 4.79 Å². The zero-order valence-electron chi connectivity index (χ0n) is 13.2. The van der Waals surface area contributed by atoms with Gasteiger partial charge in [-0.15, -0.1) is 0 Å². The second kappa shape index (κ2) is 6.53. The highest BCUT2D eigenvalue weighted by atomic mass is 35.5. The Morgan fingerprint density at radius 2 is 2.08 bits per heavy atom. The number of aryl methyl sites for hydroxylation is 1. The average Bonchev–Trinajstić information content (AvgIpc) is 2.89. The number of hydrogen-bond acceptors (Lipinski definition) is 4. The summed E-state index contributed by atoms with van der Waals surface area (Å²) in [6.45, 7) is 1.73. The quantitative estimate of drug-likeness (QED) is 0.671. The Hall–Kier alpha value is -2.53. The third-order valence-electron chi connectivity index (χ3n) is 3.75. The van der Waals surface area contributed by atoms with Crippen LogP contribution < -0.4 is 10.1 Å². The van der Waals surface area contributed by atoms with Gasteiger partial charge in [0.25, 0.3) is 0 Å². The van der Waals surface area contributed by atoms with Crippen molar-refractivity contribution in [2.45, 2.75) is 6.92 Å². The summed E-state index contributed by atoms with van der Waals surface area (Å²) in [6, 6.07) is 9.26. The largest absolute Gasteiger partial charge is 0.495 e. The first-order valence-electron chi connectivity index (χ1n) is 7.29. The number of Topliss-reactive ketones (excluding diaryl/α,β-unsaturated/α-hetero) is 1. The molecule has 0 aliphatic rings. The third kappa shape index (κ3) is 3.08. The summed E-state index contributed by atoms with van der Waals surface area (Å²) in [4.78, 5) is 12.5. The molecule has 6 heteroatoms. The number of carbonyl (C=O) groups is 1. The Kier molecular flexibility index (Phi) is 4.44. The number of halogens is 2. The first-order chi connectivity index (χ1) is 11.5. The molecule has 0 unspecified atom stereocenters. The molecule has 3 aromatic rings. The molecule has 1 aromatic heterocycles. The third-order valence-corrected chi connectivity index (χ3v) is 3.99. The molecule has 0 fully saturated rings. The highest BCUT2D eigenvalue weighted by Gasteiger charge is 2.18. The predicted octanol–water partition coefficient (Wildman–Crippen LogP) is 4.84. The Morgan fingerprint density at radius 1 is 1.29 bits per heavy atom. The Bertz CT molecular complexity index is 920. The zero-order valence-corrected chi connectivity index (χ0v) is 13.9. The molecule has 0 aliphatic carbocycles. The van der Waals surface area contributed by atoms with Crippen LogP contribution in [0, 0.1) is 12.7 Å². The molecule has 0 amide bonds. The summed E-state index contributed by atoms with van der Waals surface area (Å²) >= 11 is 5.97. The van der Waals surface area contributed by atoms with Crippen LogP contribution in [0.25, 0.3) is 11.0 Å². The van der Waals surface area contributed by atoms with Gasteiger partial charge in [-0.2, -0.15) is 0 Å². The maximum Gasteiger partial charge on any atom is 0.217 e. The molecular formula is C18H15ClFNO3. The fraction of sp³-hybridized carbons (Fsp3) is 0.167. The summed E-state index contributed by atoms with van der Waals surface area (Å²) in [5, 5.41) is 4.12. The molecule has 0 atom stereocenters. The fourth-order valence-electron chi connectivity index (χ4n) is 2.53. The molecule has 0 spiro atoms. The van der Waals surface area contributed by atoms with E-state index in [-0.39, 0.29) is 23.9 Å². The molecule has 0 radical (unpaired) electrons. The lowest BCUT2D eigenvalue weighted by Crippen LogP contribution is -2.14. The second-order valence-electron chi connectivity index (χ2n) is 5.32. The highest BCUT2D eigenvalue weighted by molar-refractivity contribution is 6.31. The van der Waals surface area contributed by atoms with Crippen LogP contribution in [0.3, 0.4) is 0 Å². The van der Waals surface area contributed by atoms with E-state index in [1.807, 2.05) is 0 Å². The van der Waals surface area contributed by atoms with Crippen LogP contribution in [0.1, 0.15) is 16.1 Å². The topological polar surface area (TPSA) is 51.5 Å². The lowest BCUT2D eigenvalue weighted by atomic mass is 10.1. The van der Waals surface area contributed by atoms with Crippen LogP contribution in [0.15, 0.2) is 40.8 Å². The Balaban J connectivity index is 1.83. The van der Waals surface area contributed by atoms with Gasteiger partial charge in [0, 0.05) is 16.0 Å². The number of ketones is 1. The lowest BCUT2D eigenvalue weighted by molar-refractivity contribution is 0.0981. The molecular weight excluding hydrogens is 333 g/mol. The first-order valence-corrected chi connectivity index (χ1v) is 7.66. The van der Waals surface area contributed by atoms with Crippen molar-refractivity contribution >= 4 is 34.0 Å². The van der Waals surface area contributed by atoms with Crippen molar-refractivity contribution in [1.29, 1.82) is 0 Å². The molecule has 1 N–H and O–H groups in total. The number of nitrogens with one attached hydrogen (secondary N) is 1. The van der Waals surface area contributed by atoms with Crippen molar-refractivity contribution < 1.29 is 18.3 Å². The Labute approximate surface area is 143 Å². The highest BCUT2D eigenvalue weighted by Crippen LogP contribution is 2.29. The van der Waals surface area contributed by atoms with Gasteiger partial charge in [-0.1, -0.05) is 11.6 Å². The molecule has 0 saturated heterocycles. The van der Waals surface area contributed by atoms with E-state index < -0.39 is 0 Å². The van der Waals surface area contributed by atoms with Crippen LogP contribution in [0.4, 0.5) is 10.1 Å². The lowest BCUT2D eigenvalue weighted by Gasteiger charge is -2.10. The maximum absolute atomic E-state index is 13.4. The van der Waals surface area contributed by atoms with Crippen molar-refractivity contribution in [2.24, 2.45) is 0 Å². The summed E-state index contributed by atoms with van der Waals surface area (Å²) in [5.41, 5.74) is 1.71. The smallest absolute Gasteiger partial charge is 0.217 e. The number of furan rings is 1. The van der Waals surface area contributed by atoms with Crippen molar-refractivity contribution in [3.63, 3.8) is 0 Å². The van der Waals surface area contributed by atoms with Crippen LogP contribution in [0.2, 0.25) is 5.02 Å². The van der Waals surface area contributed by atoms with Crippen molar-refractivity contribution in [2.75, 3.05) is 19.0 Å². The molecule has 1 heterocycles. The van der Waals surface area contributed by atoms with Crippen molar-refractivity contribution in [3.8, 4) is 5.75 Å². The summed E-state index contributed by atoms with van der Waals surface area (Å²) in [7, 11) is 1.54. The van der Waals surface area contributed by atoms with Gasteiger partial charge >= 0.3 is 0 Å². The predicted molar refractivity (Wildman–Crippen MR) is 91.7 cm³/mol. The first kappa shape index (κ1) is 16.3. The van der Waals surface area contributed by atoms with Crippen molar-refractivity contribution in [3.05, 3.63) is 58.6 Å². The van der Waals surface area contributed by atoms with E-state index >= 15 is 0 Å². The number of methoxy groups -OCH3 is 1. The maximum atomic E-state index is 13.4.